The van der Waals surface area contributed by atoms with E-state index in [1.165, 1.54) is 4.90 Å². The minimum atomic E-state index is -1.02. The Morgan fingerprint density at radius 2 is 1.73 bits per heavy atom. The van der Waals surface area contributed by atoms with E-state index in [9.17, 15) is 14.4 Å². The van der Waals surface area contributed by atoms with E-state index in [0.717, 1.165) is 5.56 Å². The van der Waals surface area contributed by atoms with Gasteiger partial charge in [-0.3, -0.25) is 14.4 Å². The molecule has 2 aliphatic rings. The Hall–Kier alpha value is -4.48. The van der Waals surface area contributed by atoms with Crippen LogP contribution in [0.25, 0.3) is 0 Å². The van der Waals surface area contributed by atoms with Gasteiger partial charge in [0.25, 0.3) is 5.91 Å². The monoisotopic (exact) mass is 545 g/mol. The van der Waals surface area contributed by atoms with Gasteiger partial charge in [0.1, 0.15) is 23.4 Å². The fourth-order valence-electron chi connectivity index (χ4n) is 4.80. The van der Waals surface area contributed by atoms with Crippen molar-refractivity contribution < 1.29 is 28.6 Å². The highest BCUT2D eigenvalue weighted by atomic mass is 16.7. The SMILES string of the molecule is Nc1cc(CCNC(=O)[C@@H]2CC3(CN2C(=O)CNC(=O)c2ccc(Oc4ccccc4)cc2)OCCO3)ccn1. The normalized spacial score (nSPS) is 17.5. The Morgan fingerprint density at radius 3 is 2.45 bits per heavy atom. The van der Waals surface area contributed by atoms with Gasteiger partial charge in [0, 0.05) is 24.7 Å². The van der Waals surface area contributed by atoms with E-state index >= 15 is 0 Å². The molecule has 2 aromatic carbocycles. The number of pyridine rings is 1. The number of amides is 3. The third kappa shape index (κ3) is 6.56. The van der Waals surface area contributed by atoms with E-state index in [4.69, 9.17) is 19.9 Å². The molecule has 0 bridgehead atoms. The molecule has 0 saturated carbocycles. The van der Waals surface area contributed by atoms with E-state index in [0.29, 0.717) is 49.1 Å². The maximum atomic E-state index is 13.2. The quantitative estimate of drug-likeness (QED) is 0.370. The highest BCUT2D eigenvalue weighted by Crippen LogP contribution is 2.35. The molecule has 1 atom stereocenters. The van der Waals surface area contributed by atoms with Crippen LogP contribution in [0.5, 0.6) is 11.5 Å². The van der Waals surface area contributed by atoms with Crippen molar-refractivity contribution in [2.75, 3.05) is 38.6 Å². The maximum Gasteiger partial charge on any atom is 0.251 e. The predicted molar refractivity (Wildman–Crippen MR) is 145 cm³/mol. The number of nitrogens with two attached hydrogens (primary N) is 1. The number of anilines is 1. The van der Waals surface area contributed by atoms with Gasteiger partial charge in [0.2, 0.25) is 11.8 Å². The van der Waals surface area contributed by atoms with Crippen LogP contribution in [-0.2, 0) is 25.5 Å². The molecule has 0 aliphatic carbocycles. The Balaban J connectivity index is 1.16. The van der Waals surface area contributed by atoms with Crippen LogP contribution in [0.15, 0.2) is 72.9 Å². The summed E-state index contributed by atoms with van der Waals surface area (Å²) < 4.78 is 17.3. The summed E-state index contributed by atoms with van der Waals surface area (Å²) in [7, 11) is 0. The van der Waals surface area contributed by atoms with Gasteiger partial charge >= 0.3 is 0 Å². The van der Waals surface area contributed by atoms with Crippen molar-refractivity contribution in [1.82, 2.24) is 20.5 Å². The molecule has 208 valence electrons. The Labute approximate surface area is 231 Å². The number of rotatable bonds is 9. The van der Waals surface area contributed by atoms with Crippen LogP contribution in [0, 0.1) is 0 Å². The Bertz CT molecular complexity index is 1340. The van der Waals surface area contributed by atoms with Crippen molar-refractivity contribution in [1.29, 1.82) is 0 Å². The van der Waals surface area contributed by atoms with Gasteiger partial charge in [-0.25, -0.2) is 4.98 Å². The number of aromatic nitrogens is 1. The second kappa shape index (κ2) is 12.1. The lowest BCUT2D eigenvalue weighted by atomic mass is 10.1. The van der Waals surface area contributed by atoms with Gasteiger partial charge in [-0.1, -0.05) is 18.2 Å². The number of hydrogen-bond donors (Lipinski definition) is 3. The summed E-state index contributed by atoms with van der Waals surface area (Å²) in [5.74, 6) is -0.479. The molecule has 3 heterocycles. The smallest absolute Gasteiger partial charge is 0.251 e. The maximum absolute atomic E-state index is 13.2. The molecule has 2 fully saturated rings. The number of hydrogen-bond acceptors (Lipinski definition) is 8. The summed E-state index contributed by atoms with van der Waals surface area (Å²) in [5.41, 5.74) is 7.04. The molecule has 1 spiro atoms. The lowest BCUT2D eigenvalue weighted by molar-refractivity contribution is -0.152. The van der Waals surface area contributed by atoms with Gasteiger partial charge in [-0.05, 0) is 60.5 Å². The molecular formula is C29H31N5O6. The lowest BCUT2D eigenvalue weighted by Gasteiger charge is -2.24. The fraction of sp³-hybridized carbons (Fsp3) is 0.310. The number of carbonyl (C=O) groups is 3. The van der Waals surface area contributed by atoms with Crippen molar-refractivity contribution in [2.24, 2.45) is 0 Å². The molecule has 2 saturated heterocycles. The lowest BCUT2D eigenvalue weighted by Crippen LogP contribution is -2.49. The van der Waals surface area contributed by atoms with Crippen LogP contribution < -0.4 is 21.1 Å². The predicted octanol–water partition coefficient (Wildman–Crippen LogP) is 1.89. The molecule has 11 heteroatoms. The number of para-hydroxylation sites is 1. The molecular weight excluding hydrogens is 514 g/mol. The minimum absolute atomic E-state index is 0.103. The second-order valence-electron chi connectivity index (χ2n) is 9.60. The topological polar surface area (TPSA) is 145 Å². The first kappa shape index (κ1) is 27.1. The molecule has 4 N–H and O–H groups in total. The molecule has 11 nitrogen and oxygen atoms in total. The average Bonchev–Trinajstić information content (AvgIpc) is 3.59. The fourth-order valence-corrected chi connectivity index (χ4v) is 4.80. The number of likely N-dealkylation sites (tertiary alicyclic amines) is 1. The number of carbonyl (C=O) groups excluding carboxylic acids is 3. The van der Waals surface area contributed by atoms with Gasteiger partial charge in [-0.15, -0.1) is 0 Å². The Morgan fingerprint density at radius 1 is 1.00 bits per heavy atom. The number of nitrogen functional groups attached to an aromatic ring is 1. The zero-order valence-electron chi connectivity index (χ0n) is 21.9. The van der Waals surface area contributed by atoms with Crippen LogP contribution >= 0.6 is 0 Å². The number of benzene rings is 2. The zero-order valence-corrected chi connectivity index (χ0v) is 21.9. The van der Waals surface area contributed by atoms with Crippen molar-refractivity contribution in [3.8, 4) is 11.5 Å². The zero-order chi connectivity index (χ0) is 28.0. The number of nitrogens with zero attached hydrogens (tertiary/aromatic N) is 2. The third-order valence-electron chi connectivity index (χ3n) is 6.78. The highest BCUT2D eigenvalue weighted by molar-refractivity contribution is 5.97. The average molecular weight is 546 g/mol. The molecule has 0 unspecified atom stereocenters. The molecule has 3 aromatic rings. The molecule has 1 aromatic heterocycles. The largest absolute Gasteiger partial charge is 0.457 e. The summed E-state index contributed by atoms with van der Waals surface area (Å²) in [6, 6.07) is 18.7. The van der Waals surface area contributed by atoms with Crippen LogP contribution in [0.1, 0.15) is 22.3 Å². The van der Waals surface area contributed by atoms with E-state index in [-0.39, 0.29) is 25.4 Å². The molecule has 5 rings (SSSR count). The van der Waals surface area contributed by atoms with Crippen LogP contribution in [0.2, 0.25) is 0 Å². The van der Waals surface area contributed by atoms with E-state index in [1.54, 1.807) is 36.5 Å². The van der Waals surface area contributed by atoms with Crippen molar-refractivity contribution >= 4 is 23.5 Å². The summed E-state index contributed by atoms with van der Waals surface area (Å²) in [6.45, 7) is 0.959. The van der Waals surface area contributed by atoms with Crippen LogP contribution in [0.3, 0.4) is 0 Å². The van der Waals surface area contributed by atoms with E-state index in [1.807, 2.05) is 36.4 Å². The van der Waals surface area contributed by atoms with E-state index < -0.39 is 23.6 Å². The van der Waals surface area contributed by atoms with Gasteiger partial charge < -0.3 is 35.5 Å². The van der Waals surface area contributed by atoms with Crippen LogP contribution in [0.4, 0.5) is 5.82 Å². The first-order valence-corrected chi connectivity index (χ1v) is 13.1. The van der Waals surface area contributed by atoms with E-state index in [2.05, 4.69) is 15.6 Å². The van der Waals surface area contributed by atoms with Gasteiger partial charge in [-0.2, -0.15) is 0 Å². The summed E-state index contributed by atoms with van der Waals surface area (Å²) in [6.07, 6.45) is 2.38. The standard InChI is InChI=1S/C29H31N5O6/c30-25-16-20(10-12-31-25)11-13-32-28(37)24-17-29(38-14-15-39-29)19-34(24)26(35)18-33-27(36)21-6-8-23(9-7-21)40-22-4-2-1-3-5-22/h1-10,12,16,24H,11,13-15,17-19H2,(H2,30,31)(H,32,37)(H,33,36)/t24-/m0/s1. The van der Waals surface area contributed by atoms with Crippen LogP contribution in [-0.4, -0.2) is 72.3 Å². The Kier molecular flexibility index (Phi) is 8.23. The van der Waals surface area contributed by atoms with Crippen molar-refractivity contribution in [3.05, 3.63) is 84.1 Å². The number of nitrogens with one attached hydrogen (secondary N) is 2. The van der Waals surface area contributed by atoms with Crippen molar-refractivity contribution in [3.63, 3.8) is 0 Å². The third-order valence-corrected chi connectivity index (χ3v) is 6.78. The minimum Gasteiger partial charge on any atom is -0.457 e. The second-order valence-corrected chi connectivity index (χ2v) is 9.60. The summed E-state index contributed by atoms with van der Waals surface area (Å²) >= 11 is 0. The first-order chi connectivity index (χ1) is 19.4. The van der Waals surface area contributed by atoms with Crippen molar-refractivity contribution in [2.45, 2.75) is 24.7 Å². The van der Waals surface area contributed by atoms with Gasteiger partial charge in [0.15, 0.2) is 5.79 Å². The van der Waals surface area contributed by atoms with Gasteiger partial charge in [0.05, 0.1) is 26.3 Å². The molecule has 0 radical (unpaired) electrons. The highest BCUT2D eigenvalue weighted by Gasteiger charge is 2.52. The molecule has 3 amide bonds. The summed E-state index contributed by atoms with van der Waals surface area (Å²) in [5, 5.41) is 5.54. The number of ether oxygens (including phenoxy) is 3. The molecule has 40 heavy (non-hydrogen) atoms. The summed E-state index contributed by atoms with van der Waals surface area (Å²) in [4.78, 5) is 44.5. The first-order valence-electron chi connectivity index (χ1n) is 13.1. The molecule has 2 aliphatic heterocycles.